The summed E-state index contributed by atoms with van der Waals surface area (Å²) in [5.41, 5.74) is 2.16. The molecule has 4 nitrogen and oxygen atoms in total. The topological polar surface area (TPSA) is 43.6 Å². The van der Waals surface area contributed by atoms with Crippen molar-refractivity contribution in [3.63, 3.8) is 0 Å². The summed E-state index contributed by atoms with van der Waals surface area (Å²) in [4.78, 5) is 19.1. The predicted octanol–water partition coefficient (Wildman–Crippen LogP) is 4.54. The predicted molar refractivity (Wildman–Crippen MR) is 95.9 cm³/mol. The second kappa shape index (κ2) is 5.52. The molecule has 0 spiro atoms. The van der Waals surface area contributed by atoms with Gasteiger partial charge in [0, 0.05) is 16.0 Å². The molecule has 6 heteroatoms. The molecular weight excluding hydrogens is 328 g/mol. The highest BCUT2D eigenvalue weighted by molar-refractivity contribution is 7.98. The van der Waals surface area contributed by atoms with Crippen molar-refractivity contribution in [1.82, 2.24) is 9.38 Å². The summed E-state index contributed by atoms with van der Waals surface area (Å²) in [5, 5.41) is 0.907. The van der Waals surface area contributed by atoms with Gasteiger partial charge in [-0.2, -0.15) is 0 Å². The number of aromatic nitrogens is 2. The maximum Gasteiger partial charge on any atom is 0.359 e. The second-order valence-corrected chi connectivity index (χ2v) is 9.36. The van der Waals surface area contributed by atoms with E-state index in [1.807, 2.05) is 13.2 Å². The molecule has 0 fully saturated rings. The Kier molecular flexibility index (Phi) is 4.04. The van der Waals surface area contributed by atoms with Crippen LogP contribution in [-0.2, 0) is 16.6 Å². The number of carbonyl (C=O) groups is 1. The van der Waals surface area contributed by atoms with Gasteiger partial charge in [0.2, 0.25) is 0 Å². The van der Waals surface area contributed by atoms with Gasteiger partial charge in [-0.05, 0) is 31.4 Å². The summed E-state index contributed by atoms with van der Waals surface area (Å²) < 4.78 is 7.37. The average molecular weight is 353 g/mol. The van der Waals surface area contributed by atoms with E-state index in [1.54, 1.807) is 23.1 Å². The summed E-state index contributed by atoms with van der Waals surface area (Å²) in [7, 11) is 0. The first-order valence-corrected chi connectivity index (χ1v) is 10.00. The molecular formula is C17H24N2O2S2. The average Bonchev–Trinajstić information content (AvgIpc) is 2.94. The largest absolute Gasteiger partial charge is 0.461 e. The number of hydrogen-bond donors (Lipinski definition) is 0. The van der Waals surface area contributed by atoms with Crippen LogP contribution >= 0.6 is 23.1 Å². The van der Waals surface area contributed by atoms with Gasteiger partial charge < -0.3 is 4.74 Å². The summed E-state index contributed by atoms with van der Waals surface area (Å²) in [6, 6.07) is 0. The third kappa shape index (κ3) is 2.70. The number of esters is 1. The zero-order chi connectivity index (χ0) is 17.0. The van der Waals surface area contributed by atoms with Crippen molar-refractivity contribution in [1.29, 1.82) is 0 Å². The molecule has 0 N–H and O–H groups in total. The summed E-state index contributed by atoms with van der Waals surface area (Å²) >= 11 is 3.29. The highest BCUT2D eigenvalue weighted by Gasteiger charge is 2.41. The zero-order valence-corrected chi connectivity index (χ0v) is 16.3. The molecule has 1 aliphatic rings. The zero-order valence-electron chi connectivity index (χ0n) is 14.6. The van der Waals surface area contributed by atoms with E-state index in [-0.39, 0.29) is 16.8 Å². The molecule has 2 aromatic heterocycles. The maximum absolute atomic E-state index is 12.2. The van der Waals surface area contributed by atoms with Crippen LogP contribution in [0.5, 0.6) is 0 Å². The smallest absolute Gasteiger partial charge is 0.359 e. The Bertz CT molecular complexity index is 771. The van der Waals surface area contributed by atoms with Crippen LogP contribution in [0.25, 0.3) is 4.96 Å². The third-order valence-corrected chi connectivity index (χ3v) is 6.58. The monoisotopic (exact) mass is 352 g/mol. The van der Waals surface area contributed by atoms with E-state index < -0.39 is 0 Å². The molecule has 1 aliphatic carbocycles. The van der Waals surface area contributed by atoms with E-state index in [1.165, 1.54) is 10.6 Å². The van der Waals surface area contributed by atoms with Crippen molar-refractivity contribution < 1.29 is 9.53 Å². The van der Waals surface area contributed by atoms with E-state index in [2.05, 4.69) is 37.1 Å². The van der Waals surface area contributed by atoms with Gasteiger partial charge in [-0.25, -0.2) is 9.78 Å². The molecule has 126 valence electrons. The Morgan fingerprint density at radius 1 is 1.39 bits per heavy atom. The molecule has 0 aliphatic heterocycles. The van der Waals surface area contributed by atoms with Gasteiger partial charge in [0.25, 0.3) is 0 Å². The first-order valence-electron chi connectivity index (χ1n) is 7.96. The third-order valence-electron chi connectivity index (χ3n) is 4.37. The lowest BCUT2D eigenvalue weighted by Gasteiger charge is -2.40. The Morgan fingerprint density at radius 2 is 2.09 bits per heavy atom. The number of hydrogen-bond acceptors (Lipinski definition) is 5. The van der Waals surface area contributed by atoms with Crippen LogP contribution < -0.4 is 0 Å². The number of imidazole rings is 1. The van der Waals surface area contributed by atoms with Crippen LogP contribution in [0.4, 0.5) is 0 Å². The van der Waals surface area contributed by atoms with E-state index in [0.717, 1.165) is 22.8 Å². The summed E-state index contributed by atoms with van der Waals surface area (Å²) in [6.45, 7) is 11.5. The van der Waals surface area contributed by atoms with Gasteiger partial charge in [0.1, 0.15) is 5.03 Å². The maximum atomic E-state index is 12.2. The number of rotatable bonds is 3. The number of ether oxygens (including phenoxy) is 1. The molecule has 2 heterocycles. The molecule has 0 saturated heterocycles. The lowest BCUT2D eigenvalue weighted by atomic mass is 9.67. The first-order chi connectivity index (χ1) is 10.7. The van der Waals surface area contributed by atoms with Crippen molar-refractivity contribution in [2.75, 3.05) is 12.9 Å². The Balaban J connectivity index is 2.23. The SMILES string of the molecule is CCOC(=O)c1nc2sc3c(n2c1SC)CC(C)(C)CC3(C)C. The van der Waals surface area contributed by atoms with Crippen LogP contribution in [0, 0.1) is 5.41 Å². The van der Waals surface area contributed by atoms with Gasteiger partial charge in [0.05, 0.1) is 6.61 Å². The number of fused-ring (bicyclic) bond motifs is 3. The van der Waals surface area contributed by atoms with Crippen molar-refractivity contribution in [2.45, 2.75) is 57.9 Å². The van der Waals surface area contributed by atoms with Gasteiger partial charge in [-0.3, -0.25) is 4.40 Å². The fourth-order valence-electron chi connectivity index (χ4n) is 3.95. The Labute approximate surface area is 145 Å². The highest BCUT2D eigenvalue weighted by Crippen LogP contribution is 2.49. The van der Waals surface area contributed by atoms with Crippen LogP contribution in [0.2, 0.25) is 0 Å². The molecule has 0 unspecified atom stereocenters. The number of nitrogens with zero attached hydrogens (tertiary/aromatic N) is 2. The molecule has 0 bridgehead atoms. The minimum absolute atomic E-state index is 0.141. The molecule has 2 aromatic rings. The number of carbonyl (C=O) groups excluding carboxylic acids is 1. The number of thiazole rings is 1. The molecule has 0 aromatic carbocycles. The van der Waals surface area contributed by atoms with Crippen LogP contribution in [-0.4, -0.2) is 28.2 Å². The van der Waals surface area contributed by atoms with Crippen LogP contribution in [0.15, 0.2) is 5.03 Å². The van der Waals surface area contributed by atoms with Crippen molar-refractivity contribution >= 4 is 34.0 Å². The fraction of sp³-hybridized carbons (Fsp3) is 0.647. The molecule has 0 atom stereocenters. The van der Waals surface area contributed by atoms with E-state index in [0.29, 0.717) is 12.3 Å². The highest BCUT2D eigenvalue weighted by atomic mass is 32.2. The van der Waals surface area contributed by atoms with Crippen molar-refractivity contribution in [2.24, 2.45) is 5.41 Å². The molecule has 0 radical (unpaired) electrons. The minimum Gasteiger partial charge on any atom is -0.461 e. The second-order valence-electron chi connectivity index (χ2n) is 7.59. The van der Waals surface area contributed by atoms with Gasteiger partial charge in [0.15, 0.2) is 10.7 Å². The minimum atomic E-state index is -0.323. The van der Waals surface area contributed by atoms with Gasteiger partial charge in [-0.1, -0.05) is 27.7 Å². The molecule has 23 heavy (non-hydrogen) atoms. The van der Waals surface area contributed by atoms with E-state index in [4.69, 9.17) is 4.74 Å². The molecule has 0 saturated carbocycles. The van der Waals surface area contributed by atoms with Crippen LogP contribution in [0.1, 0.15) is 62.1 Å². The van der Waals surface area contributed by atoms with Gasteiger partial charge >= 0.3 is 5.97 Å². The normalized spacial score (nSPS) is 18.9. The summed E-state index contributed by atoms with van der Waals surface area (Å²) in [6.07, 6.45) is 4.17. The molecule has 0 amide bonds. The lowest BCUT2D eigenvalue weighted by molar-refractivity contribution is 0.0515. The van der Waals surface area contributed by atoms with E-state index >= 15 is 0 Å². The Morgan fingerprint density at radius 3 is 2.70 bits per heavy atom. The van der Waals surface area contributed by atoms with Gasteiger partial charge in [-0.15, -0.1) is 23.1 Å². The first kappa shape index (κ1) is 16.8. The standard InChI is InChI=1S/C17H24N2O2S2/c1-7-21-14(20)11-13(22-6)19-10-8-16(2,3)9-17(4,5)12(10)23-15(19)18-11/h7-9H2,1-6H3. The number of thioether (sulfide) groups is 1. The lowest BCUT2D eigenvalue weighted by Crippen LogP contribution is -2.34. The van der Waals surface area contributed by atoms with Crippen LogP contribution in [0.3, 0.4) is 0 Å². The van der Waals surface area contributed by atoms with E-state index in [9.17, 15) is 4.79 Å². The van der Waals surface area contributed by atoms with Crippen molar-refractivity contribution in [3.8, 4) is 0 Å². The Hall–Kier alpha value is -1.01. The summed E-state index contributed by atoms with van der Waals surface area (Å²) in [5.74, 6) is -0.323. The quantitative estimate of drug-likeness (QED) is 0.601. The fourth-order valence-corrected chi connectivity index (χ4v) is 5.95. The molecule has 3 rings (SSSR count). The van der Waals surface area contributed by atoms with Crippen molar-refractivity contribution in [3.05, 3.63) is 16.3 Å².